The van der Waals surface area contributed by atoms with E-state index in [1.54, 1.807) is 6.20 Å². The predicted octanol–water partition coefficient (Wildman–Crippen LogP) is 0.580. The maximum absolute atomic E-state index is 12.2. The van der Waals surface area contributed by atoms with Crippen LogP contribution in [0, 0.1) is 6.92 Å². The van der Waals surface area contributed by atoms with Crippen LogP contribution in [0.25, 0.3) is 0 Å². The molecule has 2 unspecified atom stereocenters. The van der Waals surface area contributed by atoms with E-state index in [1.807, 2.05) is 29.5 Å². The number of aliphatic hydroxyl groups excluding tert-OH is 1. The summed E-state index contributed by atoms with van der Waals surface area (Å²) < 4.78 is 7.49. The molecule has 1 N–H and O–H groups in total. The highest BCUT2D eigenvalue weighted by molar-refractivity contribution is 5.76. The zero-order chi connectivity index (χ0) is 14.5. The van der Waals surface area contributed by atoms with Crippen LogP contribution in [0.2, 0.25) is 0 Å². The average molecular weight is 281 g/mol. The van der Waals surface area contributed by atoms with E-state index in [0.29, 0.717) is 19.6 Å². The van der Waals surface area contributed by atoms with Gasteiger partial charge in [0, 0.05) is 31.9 Å². The van der Waals surface area contributed by atoms with Crippen LogP contribution in [0.4, 0.5) is 0 Å². The molecule has 1 saturated heterocycles. The van der Waals surface area contributed by atoms with Crippen molar-refractivity contribution in [3.05, 3.63) is 18.2 Å². The van der Waals surface area contributed by atoms with Crippen molar-refractivity contribution in [1.29, 1.82) is 0 Å². The Kier molecular flexibility index (Phi) is 5.14. The number of carbonyl (C=O) groups is 1. The number of amides is 1. The highest BCUT2D eigenvalue weighted by Crippen LogP contribution is 2.14. The molecule has 1 aliphatic heterocycles. The first-order valence-electron chi connectivity index (χ1n) is 7.11. The van der Waals surface area contributed by atoms with E-state index in [4.69, 9.17) is 9.84 Å². The summed E-state index contributed by atoms with van der Waals surface area (Å²) >= 11 is 0. The first-order chi connectivity index (χ1) is 9.61. The van der Waals surface area contributed by atoms with Crippen molar-refractivity contribution >= 4 is 5.91 Å². The first-order valence-corrected chi connectivity index (χ1v) is 7.11. The fourth-order valence-corrected chi connectivity index (χ4v) is 2.46. The zero-order valence-corrected chi connectivity index (χ0v) is 12.2. The van der Waals surface area contributed by atoms with Gasteiger partial charge < -0.3 is 19.3 Å². The number of carbonyl (C=O) groups excluding carboxylic acids is 1. The third-order valence-corrected chi connectivity index (χ3v) is 3.74. The third kappa shape index (κ3) is 3.58. The Morgan fingerprint density at radius 3 is 3.05 bits per heavy atom. The quantitative estimate of drug-likeness (QED) is 0.857. The summed E-state index contributed by atoms with van der Waals surface area (Å²) in [4.78, 5) is 18.2. The molecule has 1 amide bonds. The highest BCUT2D eigenvalue weighted by atomic mass is 16.5. The molecule has 0 aromatic carbocycles. The van der Waals surface area contributed by atoms with Gasteiger partial charge in [-0.2, -0.15) is 0 Å². The van der Waals surface area contributed by atoms with Crippen molar-refractivity contribution in [1.82, 2.24) is 14.5 Å². The van der Waals surface area contributed by atoms with Gasteiger partial charge in [-0.05, 0) is 20.3 Å². The summed E-state index contributed by atoms with van der Waals surface area (Å²) in [5.74, 6) is 1.11. The largest absolute Gasteiger partial charge is 0.394 e. The second-order valence-corrected chi connectivity index (χ2v) is 5.30. The van der Waals surface area contributed by atoms with Gasteiger partial charge >= 0.3 is 0 Å². The molecule has 1 aromatic rings. The topological polar surface area (TPSA) is 67.6 Å². The highest BCUT2D eigenvalue weighted by Gasteiger charge is 2.28. The van der Waals surface area contributed by atoms with Gasteiger partial charge in [0.2, 0.25) is 5.91 Å². The van der Waals surface area contributed by atoms with Gasteiger partial charge in [-0.15, -0.1) is 0 Å². The van der Waals surface area contributed by atoms with Crippen LogP contribution in [-0.4, -0.2) is 57.4 Å². The second-order valence-electron chi connectivity index (χ2n) is 5.30. The number of hydrogen-bond acceptors (Lipinski definition) is 4. The van der Waals surface area contributed by atoms with Crippen molar-refractivity contribution in [3.63, 3.8) is 0 Å². The van der Waals surface area contributed by atoms with E-state index in [9.17, 15) is 4.79 Å². The van der Waals surface area contributed by atoms with Gasteiger partial charge in [-0.1, -0.05) is 0 Å². The summed E-state index contributed by atoms with van der Waals surface area (Å²) in [7, 11) is 0. The van der Waals surface area contributed by atoms with Crippen LogP contribution in [-0.2, 0) is 16.1 Å². The number of morpholine rings is 1. The Morgan fingerprint density at radius 2 is 2.40 bits per heavy atom. The number of aromatic nitrogens is 2. The molecule has 2 rings (SSSR count). The number of imidazole rings is 1. The molecule has 2 heterocycles. The molecule has 2 atom stereocenters. The number of aryl methyl sites for hydroxylation is 2. The predicted molar refractivity (Wildman–Crippen MR) is 74.2 cm³/mol. The van der Waals surface area contributed by atoms with Gasteiger partial charge in [0.05, 0.1) is 25.4 Å². The average Bonchev–Trinajstić information content (AvgIpc) is 2.85. The third-order valence-electron chi connectivity index (χ3n) is 3.74. The van der Waals surface area contributed by atoms with E-state index < -0.39 is 0 Å². The zero-order valence-electron chi connectivity index (χ0n) is 12.2. The van der Waals surface area contributed by atoms with E-state index >= 15 is 0 Å². The van der Waals surface area contributed by atoms with Crippen molar-refractivity contribution in [3.8, 4) is 0 Å². The Bertz CT molecular complexity index is 447. The first kappa shape index (κ1) is 15.0. The van der Waals surface area contributed by atoms with Crippen LogP contribution in [0.5, 0.6) is 0 Å². The Labute approximate surface area is 119 Å². The molecule has 6 heteroatoms. The molecule has 20 heavy (non-hydrogen) atoms. The Morgan fingerprint density at radius 1 is 1.60 bits per heavy atom. The van der Waals surface area contributed by atoms with E-state index in [1.165, 1.54) is 0 Å². The van der Waals surface area contributed by atoms with Crippen molar-refractivity contribution in [2.75, 3.05) is 19.8 Å². The minimum atomic E-state index is -0.244. The summed E-state index contributed by atoms with van der Waals surface area (Å²) in [6.07, 6.45) is 4.77. The maximum atomic E-state index is 12.2. The lowest BCUT2D eigenvalue weighted by molar-refractivity contribution is -0.146. The summed E-state index contributed by atoms with van der Waals surface area (Å²) in [5, 5.41) is 9.14. The maximum Gasteiger partial charge on any atom is 0.223 e. The lowest BCUT2D eigenvalue weighted by Gasteiger charge is -2.37. The number of nitrogens with zero attached hydrogens (tertiary/aromatic N) is 3. The number of rotatable bonds is 5. The Hall–Kier alpha value is -1.40. The van der Waals surface area contributed by atoms with Crippen LogP contribution < -0.4 is 0 Å². The van der Waals surface area contributed by atoms with E-state index in [-0.39, 0.29) is 24.7 Å². The van der Waals surface area contributed by atoms with Crippen LogP contribution >= 0.6 is 0 Å². The smallest absolute Gasteiger partial charge is 0.223 e. The molecule has 1 aliphatic rings. The minimum Gasteiger partial charge on any atom is -0.394 e. The molecule has 6 nitrogen and oxygen atoms in total. The molecule has 112 valence electrons. The molecule has 0 bridgehead atoms. The van der Waals surface area contributed by atoms with Crippen LogP contribution in [0.15, 0.2) is 12.4 Å². The molecule has 0 radical (unpaired) electrons. The van der Waals surface area contributed by atoms with Gasteiger partial charge in [-0.25, -0.2) is 4.98 Å². The molecule has 1 aromatic heterocycles. The molecule has 1 fully saturated rings. The van der Waals surface area contributed by atoms with Gasteiger partial charge in [0.25, 0.3) is 0 Å². The lowest BCUT2D eigenvalue weighted by Crippen LogP contribution is -2.52. The number of hydrogen-bond donors (Lipinski definition) is 1. The summed E-state index contributed by atoms with van der Waals surface area (Å²) in [6.45, 7) is 5.69. The van der Waals surface area contributed by atoms with Gasteiger partial charge in [0.15, 0.2) is 0 Å². The standard InChI is InChI=1S/C14H23N3O3/c1-11-10-20-13(9-18)8-17(11)14(19)4-3-6-16-7-5-15-12(16)2/h5,7,11,13,18H,3-4,6,8-10H2,1-2H3. The molecular weight excluding hydrogens is 258 g/mol. The normalized spacial score (nSPS) is 23.1. The summed E-state index contributed by atoms with van der Waals surface area (Å²) in [6, 6.07) is 0.0836. The van der Waals surface area contributed by atoms with E-state index in [2.05, 4.69) is 4.98 Å². The van der Waals surface area contributed by atoms with Crippen LogP contribution in [0.1, 0.15) is 25.6 Å². The van der Waals surface area contributed by atoms with E-state index in [0.717, 1.165) is 18.8 Å². The number of ether oxygens (including phenoxy) is 1. The fourth-order valence-electron chi connectivity index (χ4n) is 2.46. The van der Waals surface area contributed by atoms with Crippen LogP contribution in [0.3, 0.4) is 0 Å². The van der Waals surface area contributed by atoms with Crippen molar-refractivity contribution < 1.29 is 14.6 Å². The molecule has 0 saturated carbocycles. The Balaban J connectivity index is 1.80. The number of aliphatic hydroxyl groups is 1. The summed E-state index contributed by atoms with van der Waals surface area (Å²) in [5.41, 5.74) is 0. The van der Waals surface area contributed by atoms with Crippen molar-refractivity contribution in [2.24, 2.45) is 0 Å². The molecule has 0 spiro atoms. The van der Waals surface area contributed by atoms with Crippen molar-refractivity contribution in [2.45, 2.75) is 45.4 Å². The fraction of sp³-hybridized carbons (Fsp3) is 0.714. The SMILES string of the molecule is Cc1nccn1CCCC(=O)N1CC(CO)OCC1C. The van der Waals surface area contributed by atoms with Gasteiger partial charge in [0.1, 0.15) is 5.82 Å². The second kappa shape index (κ2) is 6.85. The van der Waals surface area contributed by atoms with Gasteiger partial charge in [-0.3, -0.25) is 4.79 Å². The minimum absolute atomic E-state index is 0.0370. The monoisotopic (exact) mass is 281 g/mol. The molecular formula is C14H23N3O3. The molecule has 0 aliphatic carbocycles. The lowest BCUT2D eigenvalue weighted by atomic mass is 10.1.